The second-order valence-corrected chi connectivity index (χ2v) is 7.75. The maximum absolute atomic E-state index is 5.38. The van der Waals surface area contributed by atoms with E-state index in [2.05, 4.69) is 39.2 Å². The second kappa shape index (κ2) is 7.88. The lowest BCUT2D eigenvalue weighted by molar-refractivity contribution is 0.399. The topological polar surface area (TPSA) is 83.5 Å². The highest BCUT2D eigenvalue weighted by Crippen LogP contribution is 2.27. The Morgan fingerprint density at radius 1 is 1.00 bits per heavy atom. The van der Waals surface area contributed by atoms with Gasteiger partial charge in [-0.25, -0.2) is 19.9 Å². The van der Waals surface area contributed by atoms with Crippen LogP contribution in [0.3, 0.4) is 0 Å². The van der Waals surface area contributed by atoms with Crippen LogP contribution in [0.25, 0.3) is 33.8 Å². The van der Waals surface area contributed by atoms with Crippen molar-refractivity contribution in [1.29, 1.82) is 0 Å². The predicted molar refractivity (Wildman–Crippen MR) is 122 cm³/mol. The summed E-state index contributed by atoms with van der Waals surface area (Å²) in [5.41, 5.74) is 6.60. The van der Waals surface area contributed by atoms with E-state index in [1.165, 1.54) is 0 Å². The normalized spacial score (nSPS) is 11.2. The second-order valence-electron chi connectivity index (χ2n) is 7.75. The molecule has 0 aliphatic heterocycles. The number of ether oxygens (including phenoxy) is 1. The lowest BCUT2D eigenvalue weighted by atomic mass is 10.1. The fraction of sp³-hybridized carbons (Fsp3) is 0.208. The van der Waals surface area contributed by atoms with Crippen LogP contribution >= 0.6 is 0 Å². The van der Waals surface area contributed by atoms with E-state index in [9.17, 15) is 0 Å². The average Bonchev–Trinajstić information content (AvgIpc) is 3.31. The number of methoxy groups -OCH3 is 1. The summed E-state index contributed by atoms with van der Waals surface area (Å²) in [6, 6.07) is 12.2. The third kappa shape index (κ3) is 3.49. The van der Waals surface area contributed by atoms with Crippen LogP contribution in [0.5, 0.6) is 5.88 Å². The van der Waals surface area contributed by atoms with Crippen LogP contribution in [-0.2, 0) is 20.5 Å². The molecule has 0 N–H and O–H groups in total. The minimum Gasteiger partial charge on any atom is -0.480 e. The van der Waals surface area contributed by atoms with Crippen molar-refractivity contribution in [3.63, 3.8) is 0 Å². The smallest absolute Gasteiger partial charge is 0.224 e. The van der Waals surface area contributed by atoms with Crippen molar-refractivity contribution >= 4 is 11.0 Å². The zero-order chi connectivity index (χ0) is 22.2. The molecule has 0 saturated heterocycles. The lowest BCUT2D eigenvalue weighted by Crippen LogP contribution is -1.96. The molecule has 8 nitrogen and oxygen atoms in total. The molecule has 1 aromatic carbocycles. The largest absolute Gasteiger partial charge is 0.480 e. The monoisotopic (exact) mass is 425 g/mol. The van der Waals surface area contributed by atoms with Gasteiger partial charge in [-0.15, -0.1) is 0 Å². The van der Waals surface area contributed by atoms with Gasteiger partial charge in [0.25, 0.3) is 0 Å². The molecule has 0 atom stereocenters. The zero-order valence-electron chi connectivity index (χ0n) is 18.4. The quantitative estimate of drug-likeness (QED) is 0.427. The van der Waals surface area contributed by atoms with Crippen LogP contribution in [0.1, 0.15) is 17.0 Å². The highest BCUT2D eigenvalue weighted by molar-refractivity contribution is 5.80. The standard InChI is InChI=1S/C24H23N7O/c1-15-14-30(2)23(27-15)17-9-7-16(8-10-17)12-19-21-20(31(3)29-19)13-26-22(28-21)18-6-5-11-25-24(18)32-4/h5-11,13-14H,12H2,1-4H3. The maximum Gasteiger partial charge on any atom is 0.224 e. The van der Waals surface area contributed by atoms with Gasteiger partial charge in [-0.05, 0) is 24.6 Å². The van der Waals surface area contributed by atoms with Crippen LogP contribution < -0.4 is 4.74 Å². The molecule has 32 heavy (non-hydrogen) atoms. The Hall–Kier alpha value is -4.07. The number of hydrogen-bond donors (Lipinski definition) is 0. The Kier molecular flexibility index (Phi) is 4.89. The van der Waals surface area contributed by atoms with Crippen molar-refractivity contribution in [3.8, 4) is 28.7 Å². The van der Waals surface area contributed by atoms with E-state index in [0.717, 1.165) is 44.9 Å². The van der Waals surface area contributed by atoms with Gasteiger partial charge in [0.1, 0.15) is 16.9 Å². The van der Waals surface area contributed by atoms with Gasteiger partial charge in [0.15, 0.2) is 5.82 Å². The van der Waals surface area contributed by atoms with Crippen LogP contribution in [0.4, 0.5) is 0 Å². The van der Waals surface area contributed by atoms with E-state index in [0.29, 0.717) is 18.1 Å². The first-order chi connectivity index (χ1) is 15.5. The number of rotatable bonds is 5. The van der Waals surface area contributed by atoms with Crippen molar-refractivity contribution < 1.29 is 4.74 Å². The van der Waals surface area contributed by atoms with E-state index >= 15 is 0 Å². The van der Waals surface area contributed by atoms with E-state index in [4.69, 9.17) is 14.8 Å². The van der Waals surface area contributed by atoms with E-state index < -0.39 is 0 Å². The molecular weight excluding hydrogens is 402 g/mol. The summed E-state index contributed by atoms with van der Waals surface area (Å²) in [6.07, 6.45) is 6.18. The molecule has 160 valence electrons. The number of aryl methyl sites for hydroxylation is 3. The van der Waals surface area contributed by atoms with Gasteiger partial charge in [-0.3, -0.25) is 4.68 Å². The molecule has 0 unspecified atom stereocenters. The summed E-state index contributed by atoms with van der Waals surface area (Å²) in [4.78, 5) is 18.2. The van der Waals surface area contributed by atoms with Gasteiger partial charge in [0.2, 0.25) is 5.88 Å². The van der Waals surface area contributed by atoms with E-state index in [-0.39, 0.29) is 0 Å². The molecule has 0 radical (unpaired) electrons. The van der Waals surface area contributed by atoms with Crippen molar-refractivity contribution in [1.82, 2.24) is 34.3 Å². The van der Waals surface area contributed by atoms with Gasteiger partial charge in [-0.1, -0.05) is 24.3 Å². The van der Waals surface area contributed by atoms with Gasteiger partial charge in [0, 0.05) is 38.5 Å². The average molecular weight is 425 g/mol. The summed E-state index contributed by atoms with van der Waals surface area (Å²) >= 11 is 0. The molecule has 5 aromatic rings. The number of nitrogens with zero attached hydrogens (tertiary/aromatic N) is 7. The highest BCUT2D eigenvalue weighted by atomic mass is 16.5. The molecule has 4 aromatic heterocycles. The fourth-order valence-electron chi connectivity index (χ4n) is 3.93. The summed E-state index contributed by atoms with van der Waals surface area (Å²) in [6.45, 7) is 2.00. The first-order valence-corrected chi connectivity index (χ1v) is 10.3. The molecule has 0 fully saturated rings. The third-order valence-electron chi connectivity index (χ3n) is 5.45. The minimum atomic E-state index is 0.498. The van der Waals surface area contributed by atoms with E-state index in [1.54, 1.807) is 19.5 Å². The highest BCUT2D eigenvalue weighted by Gasteiger charge is 2.16. The van der Waals surface area contributed by atoms with Crippen LogP contribution in [0, 0.1) is 6.92 Å². The van der Waals surface area contributed by atoms with Crippen LogP contribution in [0.2, 0.25) is 0 Å². The predicted octanol–water partition coefficient (Wildman–Crippen LogP) is 3.73. The Morgan fingerprint density at radius 2 is 1.81 bits per heavy atom. The number of aromatic nitrogens is 7. The Balaban J connectivity index is 1.50. The maximum atomic E-state index is 5.38. The first kappa shape index (κ1) is 19.9. The Morgan fingerprint density at radius 3 is 2.53 bits per heavy atom. The molecular formula is C24H23N7O. The summed E-state index contributed by atoms with van der Waals surface area (Å²) in [5.74, 6) is 2.02. The molecule has 0 bridgehead atoms. The molecule has 0 aliphatic carbocycles. The Labute approximate surface area is 185 Å². The number of pyridine rings is 1. The summed E-state index contributed by atoms with van der Waals surface area (Å²) < 4.78 is 9.24. The van der Waals surface area contributed by atoms with E-state index in [1.807, 2.05) is 48.6 Å². The van der Waals surface area contributed by atoms with Crippen LogP contribution in [-0.4, -0.2) is 41.4 Å². The Bertz CT molecular complexity index is 1420. The zero-order valence-corrected chi connectivity index (χ0v) is 18.4. The number of fused-ring (bicyclic) bond motifs is 1. The molecule has 0 aliphatic rings. The first-order valence-electron chi connectivity index (χ1n) is 10.3. The molecule has 0 saturated carbocycles. The van der Waals surface area contributed by atoms with Crippen molar-refractivity contribution in [2.45, 2.75) is 13.3 Å². The number of benzene rings is 1. The summed E-state index contributed by atoms with van der Waals surface area (Å²) in [5, 5.41) is 4.71. The third-order valence-corrected chi connectivity index (χ3v) is 5.45. The van der Waals surface area contributed by atoms with Crippen molar-refractivity contribution in [2.24, 2.45) is 14.1 Å². The van der Waals surface area contributed by atoms with Gasteiger partial charge < -0.3 is 9.30 Å². The molecule has 8 heteroatoms. The molecule has 4 heterocycles. The van der Waals surface area contributed by atoms with Gasteiger partial charge in [-0.2, -0.15) is 5.10 Å². The molecule has 0 amide bonds. The lowest BCUT2D eigenvalue weighted by Gasteiger charge is -2.06. The summed E-state index contributed by atoms with van der Waals surface area (Å²) in [7, 11) is 5.51. The number of imidazole rings is 1. The molecule has 5 rings (SSSR count). The minimum absolute atomic E-state index is 0.498. The fourth-order valence-corrected chi connectivity index (χ4v) is 3.93. The van der Waals surface area contributed by atoms with Crippen molar-refractivity contribution in [2.75, 3.05) is 7.11 Å². The molecule has 0 spiro atoms. The number of hydrogen-bond acceptors (Lipinski definition) is 6. The van der Waals surface area contributed by atoms with Crippen molar-refractivity contribution in [3.05, 3.63) is 71.9 Å². The van der Waals surface area contributed by atoms with Gasteiger partial charge >= 0.3 is 0 Å². The SMILES string of the molecule is COc1ncccc1-c1ncc2c(n1)c(Cc1ccc(-c3nc(C)cn3C)cc1)nn2C. The van der Waals surface area contributed by atoms with Crippen LogP contribution in [0.15, 0.2) is 55.0 Å². The van der Waals surface area contributed by atoms with Gasteiger partial charge in [0.05, 0.1) is 30.3 Å².